The van der Waals surface area contributed by atoms with Crippen molar-refractivity contribution in [1.82, 2.24) is 10.2 Å². The third-order valence-electron chi connectivity index (χ3n) is 7.15. The number of hydrogen-bond acceptors (Lipinski definition) is 5. The number of carbonyl (C=O) groups excluding carboxylic acids is 3. The zero-order valence-electron chi connectivity index (χ0n) is 25.8. The maximum atomic E-state index is 13.1. The van der Waals surface area contributed by atoms with E-state index < -0.39 is 11.7 Å². The van der Waals surface area contributed by atoms with E-state index in [0.29, 0.717) is 16.9 Å². The summed E-state index contributed by atoms with van der Waals surface area (Å²) in [4.78, 5) is 40.6. The van der Waals surface area contributed by atoms with Gasteiger partial charge in [0.05, 0.1) is 17.4 Å². The fourth-order valence-electron chi connectivity index (χ4n) is 5.08. The number of rotatable bonds is 10. The van der Waals surface area contributed by atoms with Gasteiger partial charge in [0.2, 0.25) is 0 Å². The Labute approximate surface area is 254 Å². The molecule has 0 saturated heterocycles. The lowest BCUT2D eigenvalue weighted by molar-refractivity contribution is 0.0635. The van der Waals surface area contributed by atoms with Crippen molar-refractivity contribution in [2.75, 3.05) is 36.6 Å². The highest BCUT2D eigenvalue weighted by molar-refractivity contribution is 6.06. The summed E-state index contributed by atoms with van der Waals surface area (Å²) in [5.41, 5.74) is 5.05. The van der Waals surface area contributed by atoms with Crippen LogP contribution in [0.4, 0.5) is 26.7 Å². The van der Waals surface area contributed by atoms with Crippen LogP contribution in [0.15, 0.2) is 66.7 Å². The van der Waals surface area contributed by atoms with Gasteiger partial charge >= 0.3 is 12.1 Å². The summed E-state index contributed by atoms with van der Waals surface area (Å²) in [6.07, 6.45) is 4.32. The Kier molecular flexibility index (Phi) is 10.4. The number of carbonyl (C=O) groups is 3. The van der Waals surface area contributed by atoms with E-state index in [-0.39, 0.29) is 18.0 Å². The largest absolute Gasteiger partial charge is 0.444 e. The maximum Gasteiger partial charge on any atom is 0.412 e. The molecule has 0 heterocycles. The van der Waals surface area contributed by atoms with Crippen LogP contribution in [0.3, 0.4) is 0 Å². The average molecular weight is 586 g/mol. The van der Waals surface area contributed by atoms with E-state index >= 15 is 0 Å². The van der Waals surface area contributed by atoms with Gasteiger partial charge in [-0.05, 0) is 127 Å². The lowest BCUT2D eigenvalue weighted by atomic mass is 10.00. The van der Waals surface area contributed by atoms with E-state index in [2.05, 4.69) is 38.3 Å². The van der Waals surface area contributed by atoms with Crippen molar-refractivity contribution >= 4 is 35.1 Å². The predicted molar refractivity (Wildman–Crippen MR) is 172 cm³/mol. The number of nitrogens with zero attached hydrogens (tertiary/aromatic N) is 1. The highest BCUT2D eigenvalue weighted by atomic mass is 16.6. The van der Waals surface area contributed by atoms with Crippen molar-refractivity contribution in [1.29, 1.82) is 0 Å². The van der Waals surface area contributed by atoms with Gasteiger partial charge in [0.15, 0.2) is 0 Å². The molecule has 0 saturated carbocycles. The SMILES string of the molecule is CN(C)CCCC(NC(=O)Nc1ccc2c(c1)CCC2)c1ccc(C(=O)Nc2ccccc2NC(=O)OC(C)(C)C)cc1. The quantitative estimate of drug-likeness (QED) is 0.205. The first-order chi connectivity index (χ1) is 20.5. The lowest BCUT2D eigenvalue weighted by Gasteiger charge is -2.21. The number of ether oxygens (including phenoxy) is 1. The first-order valence-electron chi connectivity index (χ1n) is 14.8. The van der Waals surface area contributed by atoms with Crippen LogP contribution in [-0.4, -0.2) is 49.2 Å². The van der Waals surface area contributed by atoms with E-state index in [0.717, 1.165) is 49.9 Å². The number of anilines is 3. The van der Waals surface area contributed by atoms with Gasteiger partial charge in [-0.15, -0.1) is 0 Å². The molecule has 0 fully saturated rings. The van der Waals surface area contributed by atoms with Gasteiger partial charge in [0.1, 0.15) is 5.60 Å². The molecular weight excluding hydrogens is 542 g/mol. The third kappa shape index (κ3) is 9.58. The molecule has 43 heavy (non-hydrogen) atoms. The van der Waals surface area contributed by atoms with Crippen LogP contribution < -0.4 is 21.3 Å². The van der Waals surface area contributed by atoms with E-state index in [1.165, 1.54) is 11.1 Å². The second kappa shape index (κ2) is 14.2. The van der Waals surface area contributed by atoms with Crippen LogP contribution >= 0.6 is 0 Å². The van der Waals surface area contributed by atoms with E-state index in [9.17, 15) is 14.4 Å². The Morgan fingerprint density at radius 2 is 1.53 bits per heavy atom. The summed E-state index contributed by atoms with van der Waals surface area (Å²) >= 11 is 0. The molecule has 9 heteroatoms. The van der Waals surface area contributed by atoms with Crippen LogP contribution in [0.1, 0.15) is 73.1 Å². The molecule has 228 valence electrons. The summed E-state index contributed by atoms with van der Waals surface area (Å²) in [5, 5.41) is 11.7. The minimum Gasteiger partial charge on any atom is -0.444 e. The fourth-order valence-corrected chi connectivity index (χ4v) is 5.08. The van der Waals surface area contributed by atoms with E-state index in [4.69, 9.17) is 4.74 Å². The Balaban J connectivity index is 1.42. The minimum absolute atomic E-state index is 0.231. The Morgan fingerprint density at radius 1 is 0.860 bits per heavy atom. The molecule has 4 rings (SSSR count). The summed E-state index contributed by atoms with van der Waals surface area (Å²) in [5.74, 6) is -0.323. The predicted octanol–water partition coefficient (Wildman–Crippen LogP) is 6.98. The molecule has 3 aromatic rings. The Morgan fingerprint density at radius 3 is 2.21 bits per heavy atom. The van der Waals surface area contributed by atoms with Crippen LogP contribution in [0.5, 0.6) is 0 Å². The van der Waals surface area contributed by atoms with Crippen molar-refractivity contribution in [3.05, 3.63) is 89.0 Å². The van der Waals surface area contributed by atoms with Gasteiger partial charge in [-0.1, -0.05) is 30.3 Å². The van der Waals surface area contributed by atoms with Gasteiger partial charge in [-0.2, -0.15) is 0 Å². The molecule has 0 aliphatic heterocycles. The molecule has 0 radical (unpaired) electrons. The number of urea groups is 1. The molecule has 4 amide bonds. The number of para-hydroxylation sites is 2. The lowest BCUT2D eigenvalue weighted by Crippen LogP contribution is -2.33. The first-order valence-corrected chi connectivity index (χ1v) is 14.8. The third-order valence-corrected chi connectivity index (χ3v) is 7.15. The summed E-state index contributed by atoms with van der Waals surface area (Å²) in [6.45, 7) is 6.24. The van der Waals surface area contributed by atoms with Crippen molar-refractivity contribution in [3.8, 4) is 0 Å². The molecule has 1 atom stereocenters. The molecular formula is C34H43N5O4. The average Bonchev–Trinajstić information content (AvgIpc) is 3.40. The number of benzene rings is 3. The van der Waals surface area contributed by atoms with Gasteiger partial charge in [0, 0.05) is 11.3 Å². The van der Waals surface area contributed by atoms with Crippen molar-refractivity contribution < 1.29 is 19.1 Å². The molecule has 1 unspecified atom stereocenters. The van der Waals surface area contributed by atoms with Crippen molar-refractivity contribution in [3.63, 3.8) is 0 Å². The zero-order valence-corrected chi connectivity index (χ0v) is 25.8. The second-order valence-electron chi connectivity index (χ2n) is 12.2. The summed E-state index contributed by atoms with van der Waals surface area (Å²) in [7, 11) is 4.05. The highest BCUT2D eigenvalue weighted by Crippen LogP contribution is 2.26. The van der Waals surface area contributed by atoms with Crippen molar-refractivity contribution in [2.24, 2.45) is 0 Å². The minimum atomic E-state index is -0.647. The second-order valence-corrected chi connectivity index (χ2v) is 12.2. The summed E-state index contributed by atoms with van der Waals surface area (Å²) in [6, 6.07) is 19.8. The molecule has 0 aromatic heterocycles. The van der Waals surface area contributed by atoms with Crippen LogP contribution in [0, 0.1) is 0 Å². The normalized spacial score (nSPS) is 13.2. The topological polar surface area (TPSA) is 112 Å². The zero-order chi connectivity index (χ0) is 31.0. The molecule has 3 aromatic carbocycles. The Bertz CT molecular complexity index is 1430. The van der Waals surface area contributed by atoms with Crippen LogP contribution in [-0.2, 0) is 17.6 Å². The number of aryl methyl sites for hydroxylation is 2. The first kappa shape index (κ1) is 31.6. The molecule has 0 bridgehead atoms. The Hall–Kier alpha value is -4.37. The standard InChI is InChI=1S/C34H43N5O4/c1-34(2,3)43-33(42)38-30-13-7-6-12-29(30)36-31(40)25-17-15-24(16-18-25)28(14-9-21-39(4)5)37-32(41)35-27-20-19-23-10-8-11-26(23)22-27/h6-7,12-13,15-20,22,28H,8-11,14,21H2,1-5H3,(H,36,40)(H,38,42)(H2,35,37,41). The smallest absolute Gasteiger partial charge is 0.412 e. The number of fused-ring (bicyclic) bond motifs is 1. The van der Waals surface area contributed by atoms with Gasteiger partial charge in [0.25, 0.3) is 5.91 Å². The maximum absolute atomic E-state index is 13.1. The molecule has 9 nitrogen and oxygen atoms in total. The number of nitrogens with one attached hydrogen (secondary N) is 4. The van der Waals surface area contributed by atoms with Gasteiger partial charge in [-0.25, -0.2) is 9.59 Å². The summed E-state index contributed by atoms with van der Waals surface area (Å²) < 4.78 is 5.34. The molecule has 1 aliphatic carbocycles. The monoisotopic (exact) mass is 585 g/mol. The molecule has 4 N–H and O–H groups in total. The van der Waals surface area contributed by atoms with Crippen LogP contribution in [0.25, 0.3) is 0 Å². The molecule has 0 spiro atoms. The van der Waals surface area contributed by atoms with E-state index in [1.807, 2.05) is 32.3 Å². The highest BCUT2D eigenvalue weighted by Gasteiger charge is 2.19. The van der Waals surface area contributed by atoms with Crippen molar-refractivity contribution in [2.45, 2.75) is 64.5 Å². The van der Waals surface area contributed by atoms with E-state index in [1.54, 1.807) is 57.2 Å². The fraction of sp³-hybridized carbons (Fsp3) is 0.382. The number of hydrogen-bond donors (Lipinski definition) is 4. The van der Waals surface area contributed by atoms with Crippen LogP contribution in [0.2, 0.25) is 0 Å². The molecule has 1 aliphatic rings. The number of amides is 4. The van der Waals surface area contributed by atoms with Gasteiger partial charge in [-0.3, -0.25) is 10.1 Å². The van der Waals surface area contributed by atoms with Gasteiger partial charge < -0.3 is 25.6 Å².